The molecule has 4 rings (SSSR count). The first-order valence-electron chi connectivity index (χ1n) is 12.6. The first-order valence-corrected chi connectivity index (χ1v) is 12.6. The molecular formula is C28H35N3O4. The van der Waals surface area contributed by atoms with Crippen molar-refractivity contribution in [3.05, 3.63) is 70.8 Å². The van der Waals surface area contributed by atoms with Crippen molar-refractivity contribution in [1.82, 2.24) is 15.5 Å². The van der Waals surface area contributed by atoms with Gasteiger partial charge in [-0.2, -0.15) is 0 Å². The van der Waals surface area contributed by atoms with Gasteiger partial charge < -0.3 is 20.6 Å². The number of carbonyl (C=O) groups excluding carboxylic acids is 3. The first-order chi connectivity index (χ1) is 17.0. The molecule has 1 saturated heterocycles. The summed E-state index contributed by atoms with van der Waals surface area (Å²) in [7, 11) is 0. The van der Waals surface area contributed by atoms with Crippen LogP contribution in [0.3, 0.4) is 0 Å². The monoisotopic (exact) mass is 477 g/mol. The van der Waals surface area contributed by atoms with Crippen LogP contribution >= 0.6 is 0 Å². The summed E-state index contributed by atoms with van der Waals surface area (Å²) in [6, 6.07) is 14.2. The molecule has 2 aromatic carbocycles. The van der Waals surface area contributed by atoms with E-state index in [4.69, 9.17) is 5.11 Å². The third-order valence-corrected chi connectivity index (χ3v) is 7.50. The van der Waals surface area contributed by atoms with Gasteiger partial charge in [0.05, 0.1) is 6.61 Å². The van der Waals surface area contributed by atoms with E-state index in [0.29, 0.717) is 11.1 Å². The van der Waals surface area contributed by atoms with Gasteiger partial charge in [0.15, 0.2) is 0 Å². The van der Waals surface area contributed by atoms with Crippen LogP contribution in [0.25, 0.3) is 0 Å². The second-order valence-electron chi connectivity index (χ2n) is 9.55. The number of piperazine rings is 1. The van der Waals surface area contributed by atoms with Crippen molar-refractivity contribution in [2.75, 3.05) is 13.2 Å². The maximum absolute atomic E-state index is 14.0. The smallest absolute Gasteiger partial charge is 0.251 e. The molecule has 0 bridgehead atoms. The van der Waals surface area contributed by atoms with Gasteiger partial charge in [-0.25, -0.2) is 0 Å². The van der Waals surface area contributed by atoms with Crippen LogP contribution < -0.4 is 10.6 Å². The molecule has 0 saturated carbocycles. The summed E-state index contributed by atoms with van der Waals surface area (Å²) < 4.78 is 0. The number of hydrogen-bond acceptors (Lipinski definition) is 4. The molecule has 1 aliphatic carbocycles. The molecule has 0 spiro atoms. The van der Waals surface area contributed by atoms with Crippen LogP contribution in [0.4, 0.5) is 0 Å². The third-order valence-electron chi connectivity index (χ3n) is 7.50. The molecule has 35 heavy (non-hydrogen) atoms. The number of nitrogens with one attached hydrogen (secondary N) is 2. The quantitative estimate of drug-likeness (QED) is 0.517. The fourth-order valence-corrected chi connectivity index (χ4v) is 5.61. The van der Waals surface area contributed by atoms with E-state index in [1.165, 1.54) is 11.1 Å². The number of carbonyl (C=O) groups is 3. The molecule has 1 aliphatic heterocycles. The largest absolute Gasteiger partial charge is 0.395 e. The van der Waals surface area contributed by atoms with Crippen molar-refractivity contribution in [1.29, 1.82) is 0 Å². The molecule has 3 amide bonds. The van der Waals surface area contributed by atoms with Gasteiger partial charge in [-0.05, 0) is 47.4 Å². The van der Waals surface area contributed by atoms with Gasteiger partial charge in [0.25, 0.3) is 5.91 Å². The summed E-state index contributed by atoms with van der Waals surface area (Å²) in [6.07, 6.45) is 3.07. The summed E-state index contributed by atoms with van der Waals surface area (Å²) in [5.74, 6) is -0.454. The van der Waals surface area contributed by atoms with Crippen LogP contribution in [0.2, 0.25) is 0 Å². The Labute approximate surface area is 206 Å². The Balaban J connectivity index is 1.65. The molecule has 3 N–H and O–H groups in total. The molecule has 1 fully saturated rings. The van der Waals surface area contributed by atoms with Gasteiger partial charge in [-0.1, -0.05) is 69.2 Å². The maximum atomic E-state index is 14.0. The van der Waals surface area contributed by atoms with E-state index >= 15 is 0 Å². The van der Waals surface area contributed by atoms with Crippen molar-refractivity contribution in [2.24, 2.45) is 11.8 Å². The van der Waals surface area contributed by atoms with E-state index in [-0.39, 0.29) is 49.3 Å². The number of benzene rings is 2. The highest BCUT2D eigenvalue weighted by Crippen LogP contribution is 2.33. The Kier molecular flexibility index (Phi) is 7.86. The Morgan fingerprint density at radius 1 is 1.06 bits per heavy atom. The number of amides is 3. The van der Waals surface area contributed by atoms with Crippen molar-refractivity contribution in [3.8, 4) is 0 Å². The molecule has 0 radical (unpaired) electrons. The fourth-order valence-electron chi connectivity index (χ4n) is 5.61. The second kappa shape index (κ2) is 11.0. The highest BCUT2D eigenvalue weighted by molar-refractivity contribution is 5.98. The lowest BCUT2D eigenvalue weighted by atomic mass is 9.85. The minimum Gasteiger partial charge on any atom is -0.395 e. The summed E-state index contributed by atoms with van der Waals surface area (Å²) in [6.45, 7) is 4.27. The lowest BCUT2D eigenvalue weighted by Gasteiger charge is -2.44. The van der Waals surface area contributed by atoms with Crippen LogP contribution in [0.1, 0.15) is 53.7 Å². The Morgan fingerprint density at radius 2 is 1.69 bits per heavy atom. The van der Waals surface area contributed by atoms with E-state index in [1.54, 1.807) is 17.0 Å². The van der Waals surface area contributed by atoms with E-state index in [2.05, 4.69) is 22.8 Å². The van der Waals surface area contributed by atoms with Crippen LogP contribution in [-0.2, 0) is 29.0 Å². The predicted molar refractivity (Wildman–Crippen MR) is 134 cm³/mol. The highest BCUT2D eigenvalue weighted by atomic mass is 16.3. The summed E-state index contributed by atoms with van der Waals surface area (Å²) >= 11 is 0. The second-order valence-corrected chi connectivity index (χ2v) is 9.55. The van der Waals surface area contributed by atoms with Crippen LogP contribution in [0.15, 0.2) is 48.5 Å². The van der Waals surface area contributed by atoms with Gasteiger partial charge in [-0.15, -0.1) is 0 Å². The van der Waals surface area contributed by atoms with E-state index in [0.717, 1.165) is 25.7 Å². The molecule has 7 nitrogen and oxygen atoms in total. The molecule has 1 heterocycles. The van der Waals surface area contributed by atoms with Crippen molar-refractivity contribution >= 4 is 17.7 Å². The van der Waals surface area contributed by atoms with Crippen molar-refractivity contribution in [2.45, 2.75) is 58.2 Å². The number of aliphatic hydroxyl groups is 1. The molecule has 186 valence electrons. The molecule has 2 atom stereocenters. The minimum absolute atomic E-state index is 0.0112. The molecule has 0 unspecified atom stereocenters. The van der Waals surface area contributed by atoms with Gasteiger partial charge in [-0.3, -0.25) is 14.4 Å². The van der Waals surface area contributed by atoms with E-state index in [9.17, 15) is 14.4 Å². The zero-order valence-electron chi connectivity index (χ0n) is 20.5. The average molecular weight is 478 g/mol. The zero-order chi connectivity index (χ0) is 24.9. The molecule has 0 aromatic heterocycles. The first kappa shape index (κ1) is 24.9. The zero-order valence-corrected chi connectivity index (χ0v) is 20.5. The SMILES string of the molecule is CCC(CC)[C@@H]1C(=O)N[C@H](C2Cc3ccccc3C2)C(=O)N1Cc1ccccc1C(=O)NCCO. The normalized spacial score (nSPS) is 20.2. The van der Waals surface area contributed by atoms with Crippen molar-refractivity contribution in [3.63, 3.8) is 0 Å². The number of rotatable bonds is 9. The van der Waals surface area contributed by atoms with Gasteiger partial charge in [0.1, 0.15) is 12.1 Å². The predicted octanol–water partition coefficient (Wildman–Crippen LogP) is 2.46. The Morgan fingerprint density at radius 3 is 2.31 bits per heavy atom. The summed E-state index contributed by atoms with van der Waals surface area (Å²) in [4.78, 5) is 41.9. The lowest BCUT2D eigenvalue weighted by Crippen LogP contribution is -2.66. The van der Waals surface area contributed by atoms with Gasteiger partial charge >= 0.3 is 0 Å². The van der Waals surface area contributed by atoms with Crippen LogP contribution in [-0.4, -0.2) is 53.0 Å². The van der Waals surface area contributed by atoms with Crippen molar-refractivity contribution < 1.29 is 19.5 Å². The lowest BCUT2D eigenvalue weighted by molar-refractivity contribution is -0.154. The number of nitrogens with zero attached hydrogens (tertiary/aromatic N) is 1. The molecule has 2 aliphatic rings. The topological polar surface area (TPSA) is 98.7 Å². The highest BCUT2D eigenvalue weighted by Gasteiger charge is 2.47. The van der Waals surface area contributed by atoms with Crippen LogP contribution in [0.5, 0.6) is 0 Å². The van der Waals surface area contributed by atoms with Crippen LogP contribution in [0, 0.1) is 11.8 Å². The van der Waals surface area contributed by atoms with Gasteiger partial charge in [0, 0.05) is 18.7 Å². The Bertz CT molecular complexity index is 1060. The molecule has 7 heteroatoms. The Hall–Kier alpha value is -3.19. The standard InChI is InChI=1S/C28H35N3O4/c1-3-18(4-2)25-27(34)30-24(22-15-19-9-5-6-10-20(19)16-22)28(35)31(25)17-21-11-7-8-12-23(21)26(33)29-13-14-32/h5-12,18,22,24-25,32H,3-4,13-17H2,1-2H3,(H,29,33)(H,30,34)/t24-,25-/m1/s1. The fraction of sp³-hybridized carbons (Fsp3) is 0.464. The average Bonchev–Trinajstić information content (AvgIpc) is 3.31. The van der Waals surface area contributed by atoms with Gasteiger partial charge in [0.2, 0.25) is 11.8 Å². The number of hydrogen-bond donors (Lipinski definition) is 3. The summed E-state index contributed by atoms with van der Waals surface area (Å²) in [5, 5.41) is 14.9. The number of aliphatic hydroxyl groups excluding tert-OH is 1. The van der Waals surface area contributed by atoms with E-state index in [1.807, 2.05) is 38.1 Å². The van der Waals surface area contributed by atoms with E-state index < -0.39 is 12.1 Å². The summed E-state index contributed by atoms with van der Waals surface area (Å²) in [5.41, 5.74) is 3.61. The molecule has 2 aromatic rings. The minimum atomic E-state index is -0.587. The number of fused-ring (bicyclic) bond motifs is 1. The maximum Gasteiger partial charge on any atom is 0.251 e. The third kappa shape index (κ3) is 5.10. The molecular weight excluding hydrogens is 442 g/mol.